The summed E-state index contributed by atoms with van der Waals surface area (Å²) in [6, 6.07) is 15.2. The Bertz CT molecular complexity index is 879. The molecule has 1 fully saturated rings. The predicted molar refractivity (Wildman–Crippen MR) is 112 cm³/mol. The zero-order chi connectivity index (χ0) is 21.0. The van der Waals surface area contributed by atoms with Gasteiger partial charge in [0.15, 0.2) is 11.5 Å². The van der Waals surface area contributed by atoms with Gasteiger partial charge < -0.3 is 19.1 Å². The van der Waals surface area contributed by atoms with Gasteiger partial charge >= 0.3 is 6.16 Å². The third-order valence-corrected chi connectivity index (χ3v) is 5.48. The monoisotopic (exact) mass is 415 g/mol. The van der Waals surface area contributed by atoms with Crippen LogP contribution in [0.2, 0.25) is 0 Å². The molecule has 1 heterocycles. The number of amides is 1. The molecule has 1 aliphatic rings. The van der Waals surface area contributed by atoms with E-state index < -0.39 is 11.8 Å². The van der Waals surface area contributed by atoms with Crippen LogP contribution in [0.4, 0.5) is 4.79 Å². The van der Waals surface area contributed by atoms with E-state index in [-0.39, 0.29) is 17.0 Å². The first kappa shape index (κ1) is 21.0. The van der Waals surface area contributed by atoms with Gasteiger partial charge in [-0.1, -0.05) is 36.4 Å². The minimum atomic E-state index is -0.792. The molecule has 7 heteroatoms. The lowest BCUT2D eigenvalue weighted by atomic mass is 10.1. The molecule has 2 aromatic rings. The molecule has 1 amide bonds. The van der Waals surface area contributed by atoms with Gasteiger partial charge in [-0.3, -0.25) is 4.79 Å². The van der Waals surface area contributed by atoms with Crippen molar-refractivity contribution in [1.82, 2.24) is 4.90 Å². The Labute approximate surface area is 175 Å². The van der Waals surface area contributed by atoms with Gasteiger partial charge in [0.1, 0.15) is 11.0 Å². The lowest BCUT2D eigenvalue weighted by Crippen LogP contribution is -2.27. The highest BCUT2D eigenvalue weighted by Gasteiger charge is 2.33. The Morgan fingerprint density at radius 2 is 1.86 bits per heavy atom. The van der Waals surface area contributed by atoms with E-state index in [1.165, 1.54) is 7.11 Å². The molecular formula is C22H25NO5S. The molecule has 29 heavy (non-hydrogen) atoms. The number of methoxy groups -OCH3 is 1. The van der Waals surface area contributed by atoms with Gasteiger partial charge in [0.25, 0.3) is 0 Å². The van der Waals surface area contributed by atoms with Gasteiger partial charge in [-0.2, -0.15) is 0 Å². The molecule has 154 valence electrons. The van der Waals surface area contributed by atoms with Gasteiger partial charge in [0.2, 0.25) is 5.91 Å². The van der Waals surface area contributed by atoms with Crippen molar-refractivity contribution < 1.29 is 23.8 Å². The SMILES string of the molecule is COc1cc(C2SCC(=O)N2Cc2ccccc2)ccc1OC(=O)OC(C)(C)C. The Hall–Kier alpha value is -2.67. The maximum atomic E-state index is 12.5. The topological polar surface area (TPSA) is 65.1 Å². The molecule has 1 unspecified atom stereocenters. The zero-order valence-electron chi connectivity index (χ0n) is 17.0. The highest BCUT2D eigenvalue weighted by atomic mass is 32.2. The van der Waals surface area contributed by atoms with Crippen LogP contribution in [0.25, 0.3) is 0 Å². The zero-order valence-corrected chi connectivity index (χ0v) is 17.8. The van der Waals surface area contributed by atoms with Gasteiger partial charge in [0, 0.05) is 6.54 Å². The van der Waals surface area contributed by atoms with Crippen molar-refractivity contribution in [1.29, 1.82) is 0 Å². The van der Waals surface area contributed by atoms with Gasteiger partial charge in [0.05, 0.1) is 12.9 Å². The standard InChI is InChI=1S/C22H25NO5S/c1-22(2,3)28-21(25)27-17-11-10-16(12-18(17)26-4)20-23(19(24)14-29-20)13-15-8-6-5-7-9-15/h5-12,20H,13-14H2,1-4H3. The van der Waals surface area contributed by atoms with Crippen LogP contribution < -0.4 is 9.47 Å². The number of ether oxygens (including phenoxy) is 3. The van der Waals surface area contributed by atoms with E-state index in [4.69, 9.17) is 14.2 Å². The van der Waals surface area contributed by atoms with Crippen molar-refractivity contribution in [2.75, 3.05) is 12.9 Å². The van der Waals surface area contributed by atoms with E-state index in [0.29, 0.717) is 18.0 Å². The second kappa shape index (κ2) is 8.78. The smallest absolute Gasteiger partial charge is 0.493 e. The highest BCUT2D eigenvalue weighted by molar-refractivity contribution is 8.00. The summed E-state index contributed by atoms with van der Waals surface area (Å²) in [4.78, 5) is 26.3. The van der Waals surface area contributed by atoms with Crippen LogP contribution in [0.3, 0.4) is 0 Å². The lowest BCUT2D eigenvalue weighted by Gasteiger charge is -2.25. The summed E-state index contributed by atoms with van der Waals surface area (Å²) in [5.41, 5.74) is 1.33. The number of hydrogen-bond acceptors (Lipinski definition) is 6. The number of rotatable bonds is 5. The largest absolute Gasteiger partial charge is 0.514 e. The number of carbonyl (C=O) groups excluding carboxylic acids is 2. The molecule has 6 nitrogen and oxygen atoms in total. The summed E-state index contributed by atoms with van der Waals surface area (Å²) in [6.07, 6.45) is -0.792. The number of nitrogens with zero attached hydrogens (tertiary/aromatic N) is 1. The quantitative estimate of drug-likeness (QED) is 0.517. The average molecular weight is 416 g/mol. The molecule has 1 saturated heterocycles. The summed E-state index contributed by atoms with van der Waals surface area (Å²) < 4.78 is 15.9. The molecule has 0 spiro atoms. The van der Waals surface area contributed by atoms with Gasteiger partial charge in [-0.15, -0.1) is 11.8 Å². The van der Waals surface area contributed by atoms with Crippen LogP contribution in [0.15, 0.2) is 48.5 Å². The van der Waals surface area contributed by atoms with E-state index in [1.54, 1.807) is 44.7 Å². The molecule has 0 aromatic heterocycles. The lowest BCUT2D eigenvalue weighted by molar-refractivity contribution is -0.128. The van der Waals surface area contributed by atoms with Crippen LogP contribution >= 0.6 is 11.8 Å². The molecule has 0 aliphatic carbocycles. The van der Waals surface area contributed by atoms with Crippen molar-refractivity contribution in [2.45, 2.75) is 38.3 Å². The number of benzene rings is 2. The molecule has 1 aliphatic heterocycles. The summed E-state index contributed by atoms with van der Waals surface area (Å²) in [5.74, 6) is 1.20. The van der Waals surface area contributed by atoms with E-state index in [1.807, 2.05) is 41.3 Å². The Kier molecular flexibility index (Phi) is 6.37. The first-order chi connectivity index (χ1) is 13.8. The van der Waals surface area contributed by atoms with Crippen LogP contribution in [-0.2, 0) is 16.1 Å². The molecule has 1 atom stereocenters. The summed E-state index contributed by atoms with van der Waals surface area (Å²) in [7, 11) is 1.51. The molecule has 0 saturated carbocycles. The molecule has 0 radical (unpaired) electrons. The van der Waals surface area contributed by atoms with Crippen LogP contribution in [-0.4, -0.2) is 35.4 Å². The second-order valence-electron chi connectivity index (χ2n) is 7.65. The Balaban J connectivity index is 1.79. The maximum Gasteiger partial charge on any atom is 0.514 e. The molecule has 0 bridgehead atoms. The molecular weight excluding hydrogens is 390 g/mol. The third-order valence-electron chi connectivity index (χ3n) is 4.22. The first-order valence-corrected chi connectivity index (χ1v) is 10.4. The fourth-order valence-electron chi connectivity index (χ4n) is 2.96. The number of carbonyl (C=O) groups is 2. The summed E-state index contributed by atoms with van der Waals surface area (Å²) in [5, 5.41) is -0.132. The molecule has 3 rings (SSSR count). The van der Waals surface area contributed by atoms with Crippen molar-refractivity contribution in [3.8, 4) is 11.5 Å². The minimum Gasteiger partial charge on any atom is -0.493 e. The Morgan fingerprint density at radius 1 is 1.14 bits per heavy atom. The van der Waals surface area contributed by atoms with E-state index in [0.717, 1.165) is 11.1 Å². The van der Waals surface area contributed by atoms with Crippen molar-refractivity contribution in [2.24, 2.45) is 0 Å². The van der Waals surface area contributed by atoms with Crippen LogP contribution in [0.1, 0.15) is 37.3 Å². The van der Waals surface area contributed by atoms with Crippen molar-refractivity contribution >= 4 is 23.8 Å². The van der Waals surface area contributed by atoms with Crippen molar-refractivity contribution in [3.05, 3.63) is 59.7 Å². The average Bonchev–Trinajstić information content (AvgIpc) is 3.02. The second-order valence-corrected chi connectivity index (χ2v) is 8.72. The third kappa shape index (κ3) is 5.44. The fourth-order valence-corrected chi connectivity index (χ4v) is 4.14. The van der Waals surface area contributed by atoms with E-state index >= 15 is 0 Å². The van der Waals surface area contributed by atoms with Crippen LogP contribution in [0.5, 0.6) is 11.5 Å². The normalized spacial score (nSPS) is 16.6. The summed E-state index contributed by atoms with van der Waals surface area (Å²) in [6.45, 7) is 5.84. The molecule has 2 aromatic carbocycles. The fraction of sp³-hybridized carbons (Fsp3) is 0.364. The van der Waals surface area contributed by atoms with Gasteiger partial charge in [-0.25, -0.2) is 4.79 Å². The number of thioether (sulfide) groups is 1. The first-order valence-electron chi connectivity index (χ1n) is 9.30. The van der Waals surface area contributed by atoms with Crippen molar-refractivity contribution in [3.63, 3.8) is 0 Å². The van der Waals surface area contributed by atoms with Crippen LogP contribution in [0, 0.1) is 0 Å². The van der Waals surface area contributed by atoms with Gasteiger partial charge in [-0.05, 0) is 44.0 Å². The maximum absolute atomic E-state index is 12.5. The predicted octanol–water partition coefficient (Wildman–Crippen LogP) is 4.78. The highest BCUT2D eigenvalue weighted by Crippen LogP contribution is 2.42. The van der Waals surface area contributed by atoms with E-state index in [2.05, 4.69) is 0 Å². The molecule has 0 N–H and O–H groups in total. The number of hydrogen-bond donors (Lipinski definition) is 0. The summed E-state index contributed by atoms with van der Waals surface area (Å²) >= 11 is 1.57. The van der Waals surface area contributed by atoms with E-state index in [9.17, 15) is 9.59 Å². The minimum absolute atomic E-state index is 0.0944. The Morgan fingerprint density at radius 3 is 2.52 bits per heavy atom.